The fourth-order valence-electron chi connectivity index (χ4n) is 1.77. The van der Waals surface area contributed by atoms with E-state index in [-0.39, 0.29) is 6.42 Å². The maximum Gasteiger partial charge on any atom is 0.307 e. The van der Waals surface area contributed by atoms with Gasteiger partial charge >= 0.3 is 5.97 Å². The molecule has 2 aromatic carbocycles. The minimum absolute atomic E-state index is 0.0620. The molecule has 0 atom stereocenters. The third kappa shape index (κ3) is 3.17. The molecule has 2 aromatic rings. The van der Waals surface area contributed by atoms with Crippen molar-refractivity contribution in [2.24, 2.45) is 0 Å². The second-order valence-electron chi connectivity index (χ2n) is 4.06. The average Bonchev–Trinajstić information content (AvgIpc) is 2.35. The van der Waals surface area contributed by atoms with Crippen molar-refractivity contribution in [3.8, 4) is 0 Å². The van der Waals surface area contributed by atoms with Crippen LogP contribution >= 0.6 is 11.6 Å². The molecular weight excluding hydrogens is 264 g/mol. The number of nitrogens with one attached hydrogen (secondary N) is 1. The number of aliphatic carboxylic acids is 1. The number of anilines is 3. The number of carboxylic acids is 1. The molecule has 0 saturated carbocycles. The van der Waals surface area contributed by atoms with Crippen LogP contribution in [0.5, 0.6) is 0 Å². The van der Waals surface area contributed by atoms with E-state index in [1.54, 1.807) is 36.4 Å². The Hall–Kier alpha value is -2.20. The molecule has 19 heavy (non-hydrogen) atoms. The van der Waals surface area contributed by atoms with Gasteiger partial charge in [0.25, 0.3) is 0 Å². The Bertz CT molecular complexity index is 594. The van der Waals surface area contributed by atoms with Gasteiger partial charge in [-0.15, -0.1) is 0 Å². The van der Waals surface area contributed by atoms with Crippen molar-refractivity contribution in [2.45, 2.75) is 6.42 Å². The van der Waals surface area contributed by atoms with Gasteiger partial charge in [0, 0.05) is 5.69 Å². The van der Waals surface area contributed by atoms with E-state index >= 15 is 0 Å². The number of hydrogen-bond donors (Lipinski definition) is 3. The van der Waals surface area contributed by atoms with E-state index in [0.717, 1.165) is 0 Å². The molecule has 0 aliphatic carbocycles. The quantitative estimate of drug-likeness (QED) is 0.749. The van der Waals surface area contributed by atoms with Crippen LogP contribution < -0.4 is 11.1 Å². The molecule has 0 amide bonds. The second kappa shape index (κ2) is 5.63. The number of hydrogen-bond acceptors (Lipinski definition) is 3. The lowest BCUT2D eigenvalue weighted by atomic mass is 10.1. The van der Waals surface area contributed by atoms with Crippen molar-refractivity contribution in [3.63, 3.8) is 0 Å². The summed E-state index contributed by atoms with van der Waals surface area (Å²) in [5.41, 5.74) is 8.31. The molecule has 2 rings (SSSR count). The average molecular weight is 277 g/mol. The van der Waals surface area contributed by atoms with E-state index < -0.39 is 5.97 Å². The lowest BCUT2D eigenvalue weighted by Gasteiger charge is -2.14. The van der Waals surface area contributed by atoms with E-state index in [0.29, 0.717) is 27.6 Å². The summed E-state index contributed by atoms with van der Waals surface area (Å²) < 4.78 is 0. The topological polar surface area (TPSA) is 75.3 Å². The lowest BCUT2D eigenvalue weighted by Crippen LogP contribution is -2.04. The molecule has 0 aliphatic rings. The van der Waals surface area contributed by atoms with Gasteiger partial charge < -0.3 is 16.2 Å². The number of carbonyl (C=O) groups is 1. The van der Waals surface area contributed by atoms with E-state index in [4.69, 9.17) is 22.4 Å². The van der Waals surface area contributed by atoms with Crippen molar-refractivity contribution in [2.75, 3.05) is 11.1 Å². The van der Waals surface area contributed by atoms with E-state index in [1.807, 2.05) is 6.07 Å². The normalized spacial score (nSPS) is 10.2. The molecule has 4 nitrogen and oxygen atoms in total. The Morgan fingerprint density at radius 1 is 1.21 bits per heavy atom. The predicted molar refractivity (Wildman–Crippen MR) is 76.9 cm³/mol. The highest BCUT2D eigenvalue weighted by atomic mass is 35.5. The van der Waals surface area contributed by atoms with Gasteiger partial charge in [0.2, 0.25) is 0 Å². The molecule has 0 radical (unpaired) electrons. The zero-order chi connectivity index (χ0) is 13.8. The van der Waals surface area contributed by atoms with E-state index in [1.165, 1.54) is 0 Å². The molecule has 4 N–H and O–H groups in total. The van der Waals surface area contributed by atoms with Gasteiger partial charge in [-0.1, -0.05) is 35.9 Å². The van der Waals surface area contributed by atoms with Crippen LogP contribution in [0.25, 0.3) is 0 Å². The Balaban J connectivity index is 2.36. The van der Waals surface area contributed by atoms with E-state index in [9.17, 15) is 4.79 Å². The lowest BCUT2D eigenvalue weighted by molar-refractivity contribution is -0.136. The van der Waals surface area contributed by atoms with Crippen LogP contribution in [0, 0.1) is 0 Å². The highest BCUT2D eigenvalue weighted by Crippen LogP contribution is 2.32. The van der Waals surface area contributed by atoms with Crippen LogP contribution in [0.3, 0.4) is 0 Å². The van der Waals surface area contributed by atoms with Gasteiger partial charge in [-0.05, 0) is 23.8 Å². The van der Waals surface area contributed by atoms with Crippen LogP contribution in [-0.4, -0.2) is 11.1 Å². The van der Waals surface area contributed by atoms with Crippen LogP contribution in [0.2, 0.25) is 5.02 Å². The fraction of sp³-hybridized carbons (Fsp3) is 0.0714. The molecular formula is C14H13ClN2O2. The highest BCUT2D eigenvalue weighted by Gasteiger charge is 2.09. The summed E-state index contributed by atoms with van der Waals surface area (Å²) in [6.07, 6.45) is -0.0620. The molecule has 98 valence electrons. The molecule has 0 bridgehead atoms. The number of rotatable bonds is 4. The van der Waals surface area contributed by atoms with Gasteiger partial charge in [0.1, 0.15) is 0 Å². The number of nitrogen functional groups attached to an aromatic ring is 1. The van der Waals surface area contributed by atoms with Gasteiger partial charge in [-0.2, -0.15) is 0 Å². The smallest absolute Gasteiger partial charge is 0.307 e. The van der Waals surface area contributed by atoms with Crippen molar-refractivity contribution in [1.82, 2.24) is 0 Å². The number of carboxylic acid groups (broad SMARTS) is 1. The number of para-hydroxylation sites is 2. The zero-order valence-corrected chi connectivity index (χ0v) is 10.8. The number of halogens is 1. The number of benzene rings is 2. The molecule has 0 unspecified atom stereocenters. The number of nitrogens with two attached hydrogens (primary N) is 1. The minimum atomic E-state index is -0.888. The maximum absolute atomic E-state index is 10.8. The molecule has 5 heteroatoms. The fourth-order valence-corrected chi connectivity index (χ4v) is 2.00. The highest BCUT2D eigenvalue weighted by molar-refractivity contribution is 6.34. The van der Waals surface area contributed by atoms with Crippen LogP contribution in [-0.2, 0) is 11.2 Å². The monoisotopic (exact) mass is 276 g/mol. The summed E-state index contributed by atoms with van der Waals surface area (Å²) in [5, 5.41) is 12.5. The van der Waals surface area contributed by atoms with Gasteiger partial charge in [-0.25, -0.2) is 0 Å². The third-order valence-corrected chi connectivity index (χ3v) is 2.98. The largest absolute Gasteiger partial charge is 0.481 e. The Morgan fingerprint density at radius 3 is 2.63 bits per heavy atom. The standard InChI is InChI=1S/C14H13ClN2O2/c15-10-5-3-6-11(16)14(10)17-12-7-2-1-4-9(12)8-13(18)19/h1-7,17H,8,16H2,(H,18,19). The van der Waals surface area contributed by atoms with Crippen molar-refractivity contribution < 1.29 is 9.90 Å². The van der Waals surface area contributed by atoms with Gasteiger partial charge in [0.15, 0.2) is 0 Å². The minimum Gasteiger partial charge on any atom is -0.481 e. The van der Waals surface area contributed by atoms with Crippen LogP contribution in [0.4, 0.5) is 17.1 Å². The summed E-state index contributed by atoms with van der Waals surface area (Å²) in [6.45, 7) is 0. The molecule has 0 fully saturated rings. The van der Waals surface area contributed by atoms with Crippen molar-refractivity contribution in [1.29, 1.82) is 0 Å². The summed E-state index contributed by atoms with van der Waals surface area (Å²) in [4.78, 5) is 10.8. The summed E-state index contributed by atoms with van der Waals surface area (Å²) in [7, 11) is 0. The van der Waals surface area contributed by atoms with Gasteiger partial charge in [-0.3, -0.25) is 4.79 Å². The second-order valence-corrected chi connectivity index (χ2v) is 4.46. The van der Waals surface area contributed by atoms with Crippen molar-refractivity contribution in [3.05, 3.63) is 53.1 Å². The van der Waals surface area contributed by atoms with E-state index in [2.05, 4.69) is 5.32 Å². The Kier molecular flexibility index (Phi) is 3.92. The summed E-state index contributed by atoms with van der Waals surface area (Å²) >= 11 is 6.08. The molecule has 0 heterocycles. The van der Waals surface area contributed by atoms with Crippen LogP contribution in [0.1, 0.15) is 5.56 Å². The van der Waals surface area contributed by atoms with Gasteiger partial charge in [0.05, 0.1) is 22.8 Å². The molecule has 0 aromatic heterocycles. The van der Waals surface area contributed by atoms with Crippen LogP contribution in [0.15, 0.2) is 42.5 Å². The molecule has 0 aliphatic heterocycles. The Morgan fingerprint density at radius 2 is 1.95 bits per heavy atom. The molecule has 0 spiro atoms. The predicted octanol–water partition coefficient (Wildman–Crippen LogP) is 3.29. The molecule has 0 saturated heterocycles. The Labute approximate surface area is 115 Å². The third-order valence-electron chi connectivity index (χ3n) is 2.66. The zero-order valence-electron chi connectivity index (χ0n) is 10.1. The first-order chi connectivity index (χ1) is 9.08. The first-order valence-corrected chi connectivity index (χ1v) is 6.06. The maximum atomic E-state index is 10.8. The summed E-state index contributed by atoms with van der Waals surface area (Å²) in [6, 6.07) is 12.4. The SMILES string of the molecule is Nc1cccc(Cl)c1Nc1ccccc1CC(=O)O. The first-order valence-electron chi connectivity index (χ1n) is 5.68. The first kappa shape index (κ1) is 13.2. The summed E-state index contributed by atoms with van der Waals surface area (Å²) in [5.74, 6) is -0.888. The van der Waals surface area contributed by atoms with Crippen molar-refractivity contribution >= 4 is 34.6 Å².